The number of benzene rings is 1. The Morgan fingerprint density at radius 2 is 2.10 bits per heavy atom. The zero-order valence-electron chi connectivity index (χ0n) is 10.1. The Morgan fingerprint density at radius 1 is 1.45 bits per heavy atom. The third kappa shape index (κ3) is 2.43. The summed E-state index contributed by atoms with van der Waals surface area (Å²) >= 11 is 1.74. The quantitative estimate of drug-likeness (QED) is 0.261. The number of phenols is 1. The molecule has 104 valence electrons. The number of phenolic OH excluding ortho intramolecular Hbond substituents is 1. The predicted octanol–water partition coefficient (Wildman–Crippen LogP) is 1.43. The number of nitrogens with one attached hydrogen (secondary N) is 1. The molecule has 0 spiro atoms. The lowest BCUT2D eigenvalue weighted by Gasteiger charge is -2.03. The summed E-state index contributed by atoms with van der Waals surface area (Å²) in [5.41, 5.74) is -0.184. The third-order valence-electron chi connectivity index (χ3n) is 2.67. The van der Waals surface area contributed by atoms with Gasteiger partial charge in [0.1, 0.15) is 11.4 Å². The van der Waals surface area contributed by atoms with Gasteiger partial charge < -0.3 is 10.4 Å². The molecule has 0 saturated carbocycles. The number of carbonyl (C=O) groups is 2. The van der Waals surface area contributed by atoms with Crippen LogP contribution in [0, 0.1) is 13.7 Å². The number of nitro benzene ring substituents is 1. The molecule has 1 aromatic carbocycles. The lowest BCUT2D eigenvalue weighted by atomic mass is 10.1. The Labute approximate surface area is 126 Å². The molecule has 8 nitrogen and oxygen atoms in total. The van der Waals surface area contributed by atoms with Crippen molar-refractivity contribution in [2.75, 3.05) is 7.05 Å². The molecular weight excluding hydrogens is 381 g/mol. The van der Waals surface area contributed by atoms with Crippen LogP contribution in [-0.4, -0.2) is 33.9 Å². The van der Waals surface area contributed by atoms with E-state index in [0.717, 1.165) is 11.0 Å². The largest absolute Gasteiger partial charge is 0.506 e. The molecule has 3 amide bonds. The molecule has 0 aliphatic carbocycles. The average molecular weight is 389 g/mol. The maximum Gasteiger partial charge on any atom is 0.328 e. The number of non-ortho nitro benzene ring substituents is 1. The Hall–Kier alpha value is -2.17. The van der Waals surface area contributed by atoms with Gasteiger partial charge >= 0.3 is 6.03 Å². The maximum absolute atomic E-state index is 11.7. The number of carbonyl (C=O) groups excluding carboxylic acids is 2. The lowest BCUT2D eigenvalue weighted by molar-refractivity contribution is -0.385. The molecule has 0 bridgehead atoms. The van der Waals surface area contributed by atoms with E-state index < -0.39 is 16.9 Å². The Morgan fingerprint density at radius 3 is 2.60 bits per heavy atom. The van der Waals surface area contributed by atoms with Crippen LogP contribution >= 0.6 is 22.6 Å². The molecule has 1 aliphatic heterocycles. The number of rotatable bonds is 2. The highest BCUT2D eigenvalue weighted by molar-refractivity contribution is 14.1. The van der Waals surface area contributed by atoms with Crippen molar-refractivity contribution in [2.45, 2.75) is 0 Å². The van der Waals surface area contributed by atoms with Crippen LogP contribution in [0.3, 0.4) is 0 Å². The summed E-state index contributed by atoms with van der Waals surface area (Å²) in [6, 6.07) is 1.74. The van der Waals surface area contributed by atoms with Crippen molar-refractivity contribution in [1.82, 2.24) is 10.2 Å². The number of hydrogen-bond donors (Lipinski definition) is 2. The van der Waals surface area contributed by atoms with Crippen LogP contribution in [0.25, 0.3) is 6.08 Å². The van der Waals surface area contributed by atoms with Gasteiger partial charge in [0.15, 0.2) is 0 Å². The fraction of sp³-hybridized carbons (Fsp3) is 0.0909. The highest BCUT2D eigenvalue weighted by atomic mass is 127. The van der Waals surface area contributed by atoms with Gasteiger partial charge in [0.25, 0.3) is 11.6 Å². The van der Waals surface area contributed by atoms with E-state index in [1.807, 2.05) is 0 Å². The minimum absolute atomic E-state index is 0.0518. The van der Waals surface area contributed by atoms with E-state index in [1.54, 1.807) is 22.6 Å². The van der Waals surface area contributed by atoms with E-state index in [9.17, 15) is 24.8 Å². The molecule has 1 fully saturated rings. The molecule has 1 heterocycles. The Balaban J connectivity index is 2.51. The molecule has 2 N–H and O–H groups in total. The lowest BCUT2D eigenvalue weighted by Crippen LogP contribution is -2.25. The second kappa shape index (κ2) is 5.07. The summed E-state index contributed by atoms with van der Waals surface area (Å²) < 4.78 is 0.272. The van der Waals surface area contributed by atoms with Crippen molar-refractivity contribution in [1.29, 1.82) is 0 Å². The smallest absolute Gasteiger partial charge is 0.328 e. The first kappa shape index (κ1) is 14.2. The van der Waals surface area contributed by atoms with E-state index in [-0.39, 0.29) is 26.3 Å². The number of aromatic hydroxyl groups is 1. The normalized spacial score (nSPS) is 16.7. The molecule has 0 atom stereocenters. The Kier molecular flexibility index (Phi) is 3.61. The highest BCUT2D eigenvalue weighted by Crippen LogP contribution is 2.31. The molecule has 2 rings (SSSR count). The number of nitro groups is 1. The molecular formula is C11H8IN3O5. The van der Waals surface area contributed by atoms with Crippen molar-refractivity contribution < 1.29 is 19.6 Å². The maximum atomic E-state index is 11.7. The van der Waals surface area contributed by atoms with Gasteiger partial charge in [-0.15, -0.1) is 0 Å². The standard InChI is InChI=1S/C11H8IN3O5/c1-14-10(17)8(13-11(14)18)3-5-2-6(15(19)20)4-7(12)9(5)16/h2-4,16H,1H3,(H,13,18)/b8-3+. The second-order valence-electron chi connectivity index (χ2n) is 3.97. The molecule has 1 aliphatic rings. The fourth-order valence-corrected chi connectivity index (χ4v) is 2.23. The number of amides is 3. The number of nitrogens with zero attached hydrogens (tertiary/aromatic N) is 2. The van der Waals surface area contributed by atoms with Crippen molar-refractivity contribution >= 4 is 46.3 Å². The summed E-state index contributed by atoms with van der Waals surface area (Å²) in [6.07, 6.45) is 1.20. The van der Waals surface area contributed by atoms with Crippen LogP contribution in [0.1, 0.15) is 5.56 Å². The first-order chi connectivity index (χ1) is 9.31. The van der Waals surface area contributed by atoms with Crippen molar-refractivity contribution in [3.8, 4) is 5.75 Å². The summed E-state index contributed by atoms with van der Waals surface area (Å²) in [7, 11) is 1.30. The van der Waals surface area contributed by atoms with Gasteiger partial charge in [-0.25, -0.2) is 4.79 Å². The molecule has 1 saturated heterocycles. The third-order valence-corrected chi connectivity index (χ3v) is 3.49. The van der Waals surface area contributed by atoms with Gasteiger partial charge in [-0.2, -0.15) is 0 Å². The number of hydrogen-bond acceptors (Lipinski definition) is 5. The predicted molar refractivity (Wildman–Crippen MR) is 76.8 cm³/mol. The van der Waals surface area contributed by atoms with E-state index in [0.29, 0.717) is 0 Å². The van der Waals surface area contributed by atoms with Gasteiger partial charge in [-0.1, -0.05) is 0 Å². The van der Waals surface area contributed by atoms with Crippen molar-refractivity contribution in [2.24, 2.45) is 0 Å². The average Bonchev–Trinajstić information content (AvgIpc) is 2.62. The first-order valence-corrected chi connectivity index (χ1v) is 6.36. The number of halogens is 1. The number of urea groups is 1. The van der Waals surface area contributed by atoms with Crippen LogP contribution in [0.4, 0.5) is 10.5 Å². The number of likely N-dealkylation sites (N-methyl/N-ethyl adjacent to an activating group) is 1. The summed E-state index contributed by atoms with van der Waals surface area (Å²) in [4.78, 5) is 34.0. The van der Waals surface area contributed by atoms with Crippen LogP contribution in [0.5, 0.6) is 5.75 Å². The summed E-state index contributed by atoms with van der Waals surface area (Å²) in [5, 5.41) is 23.0. The monoisotopic (exact) mass is 389 g/mol. The van der Waals surface area contributed by atoms with Crippen LogP contribution in [0.15, 0.2) is 17.8 Å². The minimum Gasteiger partial charge on any atom is -0.506 e. The highest BCUT2D eigenvalue weighted by Gasteiger charge is 2.30. The molecule has 0 radical (unpaired) electrons. The molecule has 1 aromatic rings. The SMILES string of the molecule is CN1C(=O)N/C(=C/c2cc([N+](=O)[O-])cc(I)c2O)C1=O. The molecule has 20 heavy (non-hydrogen) atoms. The zero-order chi connectivity index (χ0) is 15.0. The molecule has 9 heteroatoms. The molecule has 0 unspecified atom stereocenters. The zero-order valence-corrected chi connectivity index (χ0v) is 12.2. The van der Waals surface area contributed by atoms with E-state index >= 15 is 0 Å². The van der Waals surface area contributed by atoms with E-state index in [2.05, 4.69) is 5.32 Å². The van der Waals surface area contributed by atoms with Crippen molar-refractivity contribution in [3.63, 3.8) is 0 Å². The number of imide groups is 1. The Bertz CT molecular complexity index is 670. The molecule has 0 aromatic heterocycles. The van der Waals surface area contributed by atoms with Gasteiger partial charge in [-0.05, 0) is 28.7 Å². The fourth-order valence-electron chi connectivity index (χ4n) is 1.60. The van der Waals surface area contributed by atoms with Crippen molar-refractivity contribution in [3.05, 3.63) is 37.1 Å². The minimum atomic E-state index is -0.606. The summed E-state index contributed by atoms with van der Waals surface area (Å²) in [5.74, 6) is -0.767. The van der Waals surface area contributed by atoms with Crippen LogP contribution in [-0.2, 0) is 4.79 Å². The van der Waals surface area contributed by atoms with Crippen LogP contribution < -0.4 is 5.32 Å². The van der Waals surface area contributed by atoms with E-state index in [1.165, 1.54) is 19.2 Å². The second-order valence-corrected chi connectivity index (χ2v) is 5.14. The van der Waals surface area contributed by atoms with Gasteiger partial charge in [0.05, 0.1) is 8.49 Å². The van der Waals surface area contributed by atoms with Gasteiger partial charge in [0, 0.05) is 24.7 Å². The first-order valence-electron chi connectivity index (χ1n) is 5.29. The van der Waals surface area contributed by atoms with Gasteiger partial charge in [-0.3, -0.25) is 19.8 Å². The van der Waals surface area contributed by atoms with Gasteiger partial charge in [0.2, 0.25) is 0 Å². The van der Waals surface area contributed by atoms with Crippen LogP contribution in [0.2, 0.25) is 0 Å². The summed E-state index contributed by atoms with van der Waals surface area (Å²) in [6.45, 7) is 0. The van der Waals surface area contributed by atoms with E-state index in [4.69, 9.17) is 0 Å². The topological polar surface area (TPSA) is 113 Å².